The van der Waals surface area contributed by atoms with E-state index in [4.69, 9.17) is 11.6 Å². The van der Waals surface area contributed by atoms with E-state index in [0.29, 0.717) is 5.56 Å². The van der Waals surface area contributed by atoms with Crippen LogP contribution in [0.15, 0.2) is 47.4 Å². The fourth-order valence-electron chi connectivity index (χ4n) is 2.05. The molecule has 10 heteroatoms. The number of nitrogens with one attached hydrogen (secondary N) is 1. The van der Waals surface area contributed by atoms with Crippen molar-refractivity contribution in [2.24, 2.45) is 0 Å². The average molecular weight is 399 g/mol. The Balaban J connectivity index is 2.17. The summed E-state index contributed by atoms with van der Waals surface area (Å²) in [6, 6.07) is 7.56. The fraction of sp³-hybridized carbons (Fsp3) is 0.0625. The molecule has 0 aromatic heterocycles. The molecule has 0 saturated heterocycles. The van der Waals surface area contributed by atoms with Crippen LogP contribution < -0.4 is 5.32 Å². The van der Waals surface area contributed by atoms with Crippen LogP contribution in [0.1, 0.15) is 11.1 Å². The first-order valence-corrected chi connectivity index (χ1v) is 8.82. The quantitative estimate of drug-likeness (QED) is 0.356. The van der Waals surface area contributed by atoms with Gasteiger partial charge in [0.05, 0.1) is 9.95 Å². The molecule has 26 heavy (non-hydrogen) atoms. The number of benzene rings is 2. The fourth-order valence-corrected chi connectivity index (χ4v) is 3.01. The molecule has 2 rings (SSSR count). The van der Waals surface area contributed by atoms with Gasteiger partial charge in [-0.1, -0.05) is 17.7 Å². The van der Waals surface area contributed by atoms with Crippen LogP contribution in [0.5, 0.6) is 0 Å². The van der Waals surface area contributed by atoms with E-state index in [0.717, 1.165) is 18.2 Å². The number of non-ortho nitro benzene ring substituents is 1. The largest absolute Gasteiger partial charge is 0.332 e. The molecule has 0 atom stereocenters. The van der Waals surface area contributed by atoms with E-state index in [1.54, 1.807) is 0 Å². The first-order chi connectivity index (χ1) is 12.1. The number of halogens is 2. The Morgan fingerprint density at radius 3 is 2.54 bits per heavy atom. The summed E-state index contributed by atoms with van der Waals surface area (Å²) >= 11 is 5.91. The summed E-state index contributed by atoms with van der Waals surface area (Å²) in [5.41, 5.74) is 0.495. The van der Waals surface area contributed by atoms with Crippen LogP contribution in [0, 0.1) is 17.0 Å². The van der Waals surface area contributed by atoms with Gasteiger partial charge < -0.3 is 5.32 Å². The maximum atomic E-state index is 13.2. The molecule has 0 unspecified atom stereocenters. The normalized spacial score (nSPS) is 11.5. The number of hydrogen-bond donors (Lipinski definition) is 1. The van der Waals surface area contributed by atoms with Crippen LogP contribution in [0.2, 0.25) is 5.02 Å². The van der Waals surface area contributed by atoms with E-state index in [1.807, 2.05) is 0 Å². The van der Waals surface area contributed by atoms with E-state index in [1.165, 1.54) is 37.3 Å². The molecule has 0 fully saturated rings. The van der Waals surface area contributed by atoms with Gasteiger partial charge in [-0.05, 0) is 42.3 Å². The van der Waals surface area contributed by atoms with Crippen molar-refractivity contribution >= 4 is 45.2 Å². The van der Waals surface area contributed by atoms with Gasteiger partial charge in [0.1, 0.15) is 4.90 Å². The number of carbonyl (C=O) groups excluding carboxylic acids is 1. The van der Waals surface area contributed by atoms with Gasteiger partial charge in [0.25, 0.3) is 5.69 Å². The third kappa shape index (κ3) is 4.87. The van der Waals surface area contributed by atoms with Crippen molar-refractivity contribution in [2.45, 2.75) is 11.8 Å². The van der Waals surface area contributed by atoms with Crippen LogP contribution in [0.25, 0.3) is 6.08 Å². The lowest BCUT2D eigenvalue weighted by Crippen LogP contribution is -2.08. The highest BCUT2D eigenvalue weighted by molar-refractivity contribution is 7.86. The number of rotatable bonds is 5. The molecule has 136 valence electrons. The molecule has 0 spiro atoms. The molecule has 0 radical (unpaired) electrons. The highest BCUT2D eigenvalue weighted by atomic mass is 35.5. The molecule has 1 amide bonds. The summed E-state index contributed by atoms with van der Waals surface area (Å²) in [7, 11) is -4.91. The Morgan fingerprint density at radius 2 is 1.96 bits per heavy atom. The Bertz CT molecular complexity index is 1020. The van der Waals surface area contributed by atoms with Gasteiger partial charge in [-0.15, -0.1) is 3.89 Å². The average Bonchev–Trinajstić information content (AvgIpc) is 2.54. The van der Waals surface area contributed by atoms with E-state index in [9.17, 15) is 27.2 Å². The van der Waals surface area contributed by atoms with E-state index < -0.39 is 25.9 Å². The molecule has 1 N–H and O–H groups in total. The lowest BCUT2D eigenvalue weighted by Gasteiger charge is -2.06. The van der Waals surface area contributed by atoms with Crippen LogP contribution >= 0.6 is 11.6 Å². The predicted molar refractivity (Wildman–Crippen MR) is 95.2 cm³/mol. The van der Waals surface area contributed by atoms with Gasteiger partial charge in [0, 0.05) is 23.9 Å². The Labute approximate surface area is 153 Å². The lowest BCUT2D eigenvalue weighted by atomic mass is 10.2. The number of anilines is 1. The van der Waals surface area contributed by atoms with Gasteiger partial charge in [0.15, 0.2) is 0 Å². The minimum atomic E-state index is -4.91. The van der Waals surface area contributed by atoms with E-state index in [2.05, 4.69) is 5.32 Å². The number of nitro benzene ring substituents is 1. The second-order valence-electron chi connectivity index (χ2n) is 5.20. The number of nitro groups is 1. The molecule has 0 aliphatic heterocycles. The second kappa shape index (κ2) is 7.63. The third-order valence-electron chi connectivity index (χ3n) is 3.33. The van der Waals surface area contributed by atoms with Crippen molar-refractivity contribution in [3.8, 4) is 0 Å². The van der Waals surface area contributed by atoms with Crippen molar-refractivity contribution in [3.63, 3.8) is 0 Å². The predicted octanol–water partition coefficient (Wildman–Crippen LogP) is 3.87. The number of amides is 1. The minimum absolute atomic E-state index is 0.0874. The standard InChI is InChI=1S/C16H12ClFN2O5S/c1-10-2-5-12(8-15(10)26(18,24)25)19-16(21)7-4-11-3-6-13(20(22)23)9-14(11)17/h2-9H,1H3,(H,19,21)/b7-4+. The van der Waals surface area contributed by atoms with Crippen LogP contribution in [0.4, 0.5) is 15.3 Å². The van der Waals surface area contributed by atoms with Crippen molar-refractivity contribution < 1.29 is 22.0 Å². The zero-order chi connectivity index (χ0) is 19.5. The summed E-state index contributed by atoms with van der Waals surface area (Å²) in [4.78, 5) is 21.4. The number of carbonyl (C=O) groups is 1. The smallest absolute Gasteiger partial charge is 0.322 e. The number of nitrogens with zero attached hydrogens (tertiary/aromatic N) is 1. The molecule has 2 aromatic carbocycles. The maximum Gasteiger partial charge on any atom is 0.332 e. The summed E-state index contributed by atoms with van der Waals surface area (Å²) in [6.07, 6.45) is 2.44. The molecule has 0 bridgehead atoms. The van der Waals surface area contributed by atoms with Crippen LogP contribution in [-0.4, -0.2) is 19.2 Å². The van der Waals surface area contributed by atoms with Gasteiger partial charge in [-0.2, -0.15) is 8.42 Å². The highest BCUT2D eigenvalue weighted by Gasteiger charge is 2.16. The first kappa shape index (κ1) is 19.5. The minimum Gasteiger partial charge on any atom is -0.322 e. The first-order valence-electron chi connectivity index (χ1n) is 7.06. The zero-order valence-corrected chi connectivity index (χ0v) is 14.8. The summed E-state index contributed by atoms with van der Waals surface area (Å²) in [6.45, 7) is 1.43. The van der Waals surface area contributed by atoms with Gasteiger partial charge in [-0.3, -0.25) is 14.9 Å². The van der Waals surface area contributed by atoms with Gasteiger partial charge >= 0.3 is 10.2 Å². The van der Waals surface area contributed by atoms with Crippen molar-refractivity contribution in [2.75, 3.05) is 5.32 Å². The summed E-state index contributed by atoms with van der Waals surface area (Å²) in [5.74, 6) is -0.620. The Hall–Kier alpha value is -2.78. The number of hydrogen-bond acceptors (Lipinski definition) is 5. The van der Waals surface area contributed by atoms with E-state index in [-0.39, 0.29) is 22.0 Å². The molecule has 2 aromatic rings. The Kier molecular flexibility index (Phi) is 5.73. The van der Waals surface area contributed by atoms with Crippen LogP contribution in [0.3, 0.4) is 0 Å². The van der Waals surface area contributed by atoms with Gasteiger partial charge in [-0.25, -0.2) is 0 Å². The molecule has 0 heterocycles. The molecule has 0 aliphatic carbocycles. The SMILES string of the molecule is Cc1ccc(NC(=O)/C=C/c2ccc([N+](=O)[O-])cc2Cl)cc1S(=O)(=O)F. The maximum absolute atomic E-state index is 13.2. The van der Waals surface area contributed by atoms with Crippen LogP contribution in [-0.2, 0) is 15.0 Å². The molecule has 7 nitrogen and oxygen atoms in total. The molecule has 0 aliphatic rings. The second-order valence-corrected chi connectivity index (χ2v) is 6.93. The Morgan fingerprint density at radius 1 is 1.27 bits per heavy atom. The summed E-state index contributed by atoms with van der Waals surface area (Å²) in [5, 5.41) is 13.1. The molecule has 0 saturated carbocycles. The van der Waals surface area contributed by atoms with Gasteiger partial charge in [0.2, 0.25) is 5.91 Å². The van der Waals surface area contributed by atoms with Crippen molar-refractivity contribution in [3.05, 3.63) is 68.7 Å². The highest BCUT2D eigenvalue weighted by Crippen LogP contribution is 2.24. The monoisotopic (exact) mass is 398 g/mol. The topological polar surface area (TPSA) is 106 Å². The molecular formula is C16H12ClFN2O5S. The summed E-state index contributed by atoms with van der Waals surface area (Å²) < 4.78 is 35.3. The third-order valence-corrected chi connectivity index (χ3v) is 4.62. The number of aryl methyl sites for hydroxylation is 1. The molecular weight excluding hydrogens is 387 g/mol. The zero-order valence-electron chi connectivity index (χ0n) is 13.3. The lowest BCUT2D eigenvalue weighted by molar-refractivity contribution is -0.384. The van der Waals surface area contributed by atoms with Crippen molar-refractivity contribution in [1.29, 1.82) is 0 Å². The van der Waals surface area contributed by atoms with Crippen molar-refractivity contribution in [1.82, 2.24) is 0 Å². The van der Waals surface area contributed by atoms with E-state index >= 15 is 0 Å².